The van der Waals surface area contributed by atoms with Gasteiger partial charge in [0.2, 0.25) is 5.91 Å². The van der Waals surface area contributed by atoms with Crippen LogP contribution in [0.4, 0.5) is 10.6 Å². The summed E-state index contributed by atoms with van der Waals surface area (Å²) in [4.78, 5) is 42.9. The third kappa shape index (κ3) is 8.84. The predicted octanol–water partition coefficient (Wildman–Crippen LogP) is 4.10. The molecule has 2 aliphatic heterocycles. The van der Waals surface area contributed by atoms with Gasteiger partial charge in [-0.3, -0.25) is 9.69 Å². The number of hydrogen-bond acceptors (Lipinski definition) is 7. The molecule has 11 heteroatoms. The van der Waals surface area contributed by atoms with Crippen LogP contribution in [0.25, 0.3) is 6.08 Å². The summed E-state index contributed by atoms with van der Waals surface area (Å²) in [5.74, 6) is 1.07. The van der Waals surface area contributed by atoms with Gasteiger partial charge in [-0.25, -0.2) is 14.8 Å². The molecule has 4 rings (SSSR count). The number of benzene rings is 1. The van der Waals surface area contributed by atoms with Gasteiger partial charge < -0.3 is 20.0 Å². The van der Waals surface area contributed by atoms with Gasteiger partial charge in [0.15, 0.2) is 5.16 Å². The lowest BCUT2D eigenvalue weighted by molar-refractivity contribution is -0.130. The molecule has 40 heavy (non-hydrogen) atoms. The van der Waals surface area contributed by atoms with Crippen molar-refractivity contribution in [3.05, 3.63) is 53.2 Å². The van der Waals surface area contributed by atoms with Crippen LogP contribution in [0.2, 0.25) is 5.15 Å². The number of nitrogens with zero attached hydrogens (tertiary/aromatic N) is 6. The van der Waals surface area contributed by atoms with Gasteiger partial charge in [-0.1, -0.05) is 65.8 Å². The average Bonchev–Trinajstić information content (AvgIpc) is 2.91. The molecule has 0 spiro atoms. The van der Waals surface area contributed by atoms with Gasteiger partial charge in [0, 0.05) is 70.0 Å². The van der Waals surface area contributed by atoms with Crippen molar-refractivity contribution in [2.45, 2.75) is 44.4 Å². The van der Waals surface area contributed by atoms with E-state index < -0.39 is 0 Å². The van der Waals surface area contributed by atoms with Crippen LogP contribution in [0.1, 0.15) is 33.3 Å². The molecule has 1 aromatic heterocycles. The molecule has 0 saturated carbocycles. The molecule has 0 bridgehead atoms. The summed E-state index contributed by atoms with van der Waals surface area (Å²) >= 11 is 7.66. The van der Waals surface area contributed by atoms with E-state index in [4.69, 9.17) is 16.6 Å². The molecule has 2 saturated heterocycles. The number of anilines is 1. The smallest absolute Gasteiger partial charge is 0.318 e. The van der Waals surface area contributed by atoms with E-state index in [9.17, 15) is 9.59 Å². The Morgan fingerprint density at radius 1 is 1.07 bits per heavy atom. The van der Waals surface area contributed by atoms with E-state index in [1.807, 2.05) is 55.7 Å². The van der Waals surface area contributed by atoms with Gasteiger partial charge in [0.25, 0.3) is 0 Å². The third-order valence-corrected chi connectivity index (χ3v) is 7.90. The topological polar surface area (TPSA) is 84.9 Å². The SMILES string of the molecule is C[C@@H]1CN(c2cc(Cl)nc(SCC(=O)N3CCN(C/C=C/c4ccccc4)CC3)n2)CCN1C(=O)NC(C)(C)C. The van der Waals surface area contributed by atoms with Crippen LogP contribution in [0, 0.1) is 0 Å². The number of aromatic nitrogens is 2. The number of carbonyl (C=O) groups is 2. The molecule has 2 aromatic rings. The highest BCUT2D eigenvalue weighted by Gasteiger charge is 2.30. The van der Waals surface area contributed by atoms with Gasteiger partial charge in [0.05, 0.1) is 5.75 Å². The third-order valence-electron chi connectivity index (χ3n) is 6.88. The maximum absolute atomic E-state index is 12.9. The van der Waals surface area contributed by atoms with E-state index in [-0.39, 0.29) is 29.3 Å². The van der Waals surface area contributed by atoms with Gasteiger partial charge >= 0.3 is 6.03 Å². The predicted molar refractivity (Wildman–Crippen MR) is 163 cm³/mol. The van der Waals surface area contributed by atoms with E-state index in [1.165, 1.54) is 17.3 Å². The highest BCUT2D eigenvalue weighted by Crippen LogP contribution is 2.24. The van der Waals surface area contributed by atoms with Crippen molar-refractivity contribution < 1.29 is 9.59 Å². The van der Waals surface area contributed by atoms with E-state index in [0.29, 0.717) is 43.0 Å². The van der Waals surface area contributed by atoms with Crippen molar-refractivity contribution in [2.75, 3.05) is 63.0 Å². The molecule has 1 N–H and O–H groups in total. The first-order valence-corrected chi connectivity index (χ1v) is 15.2. The highest BCUT2D eigenvalue weighted by molar-refractivity contribution is 7.99. The first-order chi connectivity index (χ1) is 19.1. The van der Waals surface area contributed by atoms with Crippen molar-refractivity contribution in [3.8, 4) is 0 Å². The van der Waals surface area contributed by atoms with Crippen LogP contribution >= 0.6 is 23.4 Å². The molecule has 3 amide bonds. The van der Waals surface area contributed by atoms with Crippen molar-refractivity contribution >= 4 is 47.2 Å². The fourth-order valence-electron chi connectivity index (χ4n) is 4.77. The molecule has 216 valence electrons. The molecule has 2 aliphatic rings. The van der Waals surface area contributed by atoms with Gasteiger partial charge in [-0.2, -0.15) is 0 Å². The minimum Gasteiger partial charge on any atom is -0.353 e. The number of piperazine rings is 2. The standard InChI is InChI=1S/C29H40ClN7O2S/c1-22-20-36(17-18-37(22)28(39)33-29(2,3)4)25-19-24(30)31-27(32-25)40-21-26(38)35-15-13-34(14-16-35)12-8-11-23-9-6-5-7-10-23/h5-11,19,22H,12-18,20-21H2,1-4H3,(H,33,39)/b11-8+/t22-/m1/s1. The summed E-state index contributed by atoms with van der Waals surface area (Å²) in [7, 11) is 0. The lowest BCUT2D eigenvalue weighted by atomic mass is 10.1. The van der Waals surface area contributed by atoms with E-state index in [1.54, 1.807) is 6.07 Å². The molecular formula is C29H40ClN7O2S. The Labute approximate surface area is 246 Å². The van der Waals surface area contributed by atoms with E-state index in [0.717, 1.165) is 25.5 Å². The fraction of sp³-hybridized carbons (Fsp3) is 0.517. The number of nitrogens with one attached hydrogen (secondary N) is 1. The number of carbonyl (C=O) groups excluding carboxylic acids is 2. The van der Waals surface area contributed by atoms with Crippen LogP contribution in [0.15, 0.2) is 47.6 Å². The zero-order valence-corrected chi connectivity index (χ0v) is 25.4. The lowest BCUT2D eigenvalue weighted by Crippen LogP contribution is -2.59. The Morgan fingerprint density at radius 3 is 2.48 bits per heavy atom. The van der Waals surface area contributed by atoms with E-state index >= 15 is 0 Å². The second kappa shape index (κ2) is 13.7. The van der Waals surface area contributed by atoms with E-state index in [2.05, 4.69) is 44.4 Å². The maximum atomic E-state index is 12.9. The van der Waals surface area contributed by atoms with Crippen LogP contribution in [-0.4, -0.2) is 106 Å². The maximum Gasteiger partial charge on any atom is 0.318 e. The Morgan fingerprint density at radius 2 is 1.80 bits per heavy atom. The molecule has 1 atom stereocenters. The van der Waals surface area contributed by atoms with Crippen LogP contribution < -0.4 is 10.2 Å². The summed E-state index contributed by atoms with van der Waals surface area (Å²) in [5, 5.41) is 3.87. The summed E-state index contributed by atoms with van der Waals surface area (Å²) in [6.45, 7) is 13.8. The van der Waals surface area contributed by atoms with Crippen molar-refractivity contribution in [3.63, 3.8) is 0 Å². The molecule has 9 nitrogen and oxygen atoms in total. The molecule has 0 radical (unpaired) electrons. The first-order valence-electron chi connectivity index (χ1n) is 13.8. The Hall–Kier alpha value is -2.82. The quantitative estimate of drug-likeness (QED) is 0.297. The lowest BCUT2D eigenvalue weighted by Gasteiger charge is -2.41. The van der Waals surface area contributed by atoms with Gasteiger partial charge in [-0.05, 0) is 33.3 Å². The monoisotopic (exact) mass is 585 g/mol. The number of thioether (sulfide) groups is 1. The Balaban J connectivity index is 1.24. The van der Waals surface area contributed by atoms with Crippen LogP contribution in [-0.2, 0) is 4.79 Å². The summed E-state index contributed by atoms with van der Waals surface area (Å²) in [6, 6.07) is 12.0. The zero-order chi connectivity index (χ0) is 28.7. The molecule has 1 aromatic carbocycles. The summed E-state index contributed by atoms with van der Waals surface area (Å²) < 4.78 is 0. The second-order valence-electron chi connectivity index (χ2n) is 11.3. The molecule has 2 fully saturated rings. The Bertz CT molecular complexity index is 1180. The molecule has 0 unspecified atom stereocenters. The largest absolute Gasteiger partial charge is 0.353 e. The number of halogens is 1. The summed E-state index contributed by atoms with van der Waals surface area (Å²) in [6.07, 6.45) is 4.32. The molecule has 3 heterocycles. The van der Waals surface area contributed by atoms with Crippen molar-refractivity contribution in [2.24, 2.45) is 0 Å². The minimum atomic E-state index is -0.287. The highest BCUT2D eigenvalue weighted by atomic mass is 35.5. The van der Waals surface area contributed by atoms with Gasteiger partial charge in [-0.15, -0.1) is 0 Å². The number of amides is 3. The number of urea groups is 1. The molecule has 0 aliphatic carbocycles. The Kier molecular flexibility index (Phi) is 10.3. The normalized spacial score (nSPS) is 18.8. The zero-order valence-electron chi connectivity index (χ0n) is 23.8. The first kappa shape index (κ1) is 30.1. The van der Waals surface area contributed by atoms with Crippen LogP contribution in [0.3, 0.4) is 0 Å². The number of rotatable bonds is 7. The minimum absolute atomic E-state index is 0.00928. The number of hydrogen-bond donors (Lipinski definition) is 1. The second-order valence-corrected chi connectivity index (χ2v) is 12.6. The van der Waals surface area contributed by atoms with Crippen molar-refractivity contribution in [1.82, 2.24) is 30.0 Å². The van der Waals surface area contributed by atoms with Crippen LogP contribution in [0.5, 0.6) is 0 Å². The summed E-state index contributed by atoms with van der Waals surface area (Å²) in [5.41, 5.74) is 0.908. The fourth-order valence-corrected chi connectivity index (χ4v) is 5.76. The van der Waals surface area contributed by atoms with Crippen molar-refractivity contribution in [1.29, 1.82) is 0 Å². The average molecular weight is 586 g/mol. The van der Waals surface area contributed by atoms with Gasteiger partial charge in [0.1, 0.15) is 11.0 Å². The molecular weight excluding hydrogens is 546 g/mol.